The second kappa shape index (κ2) is 5.74. The number of hydrogen-bond donors (Lipinski definition) is 0. The summed E-state index contributed by atoms with van der Waals surface area (Å²) >= 11 is 6.39. The number of rotatable bonds is 2. The van der Waals surface area contributed by atoms with Gasteiger partial charge < -0.3 is 4.74 Å². The van der Waals surface area contributed by atoms with Crippen molar-refractivity contribution >= 4 is 17.3 Å². The van der Waals surface area contributed by atoms with Crippen molar-refractivity contribution < 1.29 is 9.66 Å². The standard InChI is InChI=1S/C16H14ClNO3/c17-13-9-12-3-1-2-4-15(12)21-16(10-13)11-5-7-14(8-6-11)18(19)20/h1-8,13,16H,9-10H2/t13-,16+/m0/s1. The van der Waals surface area contributed by atoms with Gasteiger partial charge in [-0.25, -0.2) is 0 Å². The molecule has 5 heteroatoms. The largest absolute Gasteiger partial charge is 0.485 e. The fraction of sp³-hybridized carbons (Fsp3) is 0.250. The number of ether oxygens (including phenoxy) is 1. The van der Waals surface area contributed by atoms with Crippen molar-refractivity contribution in [2.75, 3.05) is 0 Å². The van der Waals surface area contributed by atoms with Crippen LogP contribution in [0.5, 0.6) is 5.75 Å². The molecule has 0 amide bonds. The molecule has 0 radical (unpaired) electrons. The highest BCUT2D eigenvalue weighted by Crippen LogP contribution is 2.35. The van der Waals surface area contributed by atoms with Crippen LogP contribution in [0.4, 0.5) is 5.69 Å². The topological polar surface area (TPSA) is 52.4 Å². The summed E-state index contributed by atoms with van der Waals surface area (Å²) in [6, 6.07) is 14.3. The number of hydrogen-bond acceptors (Lipinski definition) is 3. The maximum Gasteiger partial charge on any atom is 0.269 e. The molecule has 0 fully saturated rings. The van der Waals surface area contributed by atoms with Crippen molar-refractivity contribution in [2.24, 2.45) is 0 Å². The molecule has 0 bridgehead atoms. The van der Waals surface area contributed by atoms with E-state index in [1.54, 1.807) is 12.1 Å². The third kappa shape index (κ3) is 3.00. The first-order valence-corrected chi connectivity index (χ1v) is 7.20. The Morgan fingerprint density at radius 3 is 2.57 bits per heavy atom. The van der Waals surface area contributed by atoms with E-state index >= 15 is 0 Å². The molecule has 0 aliphatic carbocycles. The van der Waals surface area contributed by atoms with Gasteiger partial charge in [0.2, 0.25) is 0 Å². The van der Waals surface area contributed by atoms with Gasteiger partial charge in [0.15, 0.2) is 0 Å². The van der Waals surface area contributed by atoms with Crippen LogP contribution < -0.4 is 4.74 Å². The van der Waals surface area contributed by atoms with E-state index < -0.39 is 4.92 Å². The first-order chi connectivity index (χ1) is 10.1. The minimum Gasteiger partial charge on any atom is -0.485 e. The van der Waals surface area contributed by atoms with Gasteiger partial charge in [0.25, 0.3) is 5.69 Å². The molecule has 1 aliphatic rings. The highest BCUT2D eigenvalue weighted by molar-refractivity contribution is 6.20. The highest BCUT2D eigenvalue weighted by Gasteiger charge is 2.24. The molecule has 1 aliphatic heterocycles. The summed E-state index contributed by atoms with van der Waals surface area (Å²) in [5.74, 6) is 0.837. The van der Waals surface area contributed by atoms with E-state index in [4.69, 9.17) is 16.3 Å². The average Bonchev–Trinajstić information content (AvgIpc) is 2.65. The Balaban J connectivity index is 1.90. The van der Waals surface area contributed by atoms with E-state index in [1.165, 1.54) is 12.1 Å². The van der Waals surface area contributed by atoms with Crippen LogP contribution in [0.1, 0.15) is 23.7 Å². The number of para-hydroxylation sites is 1. The van der Waals surface area contributed by atoms with Crippen molar-refractivity contribution in [1.82, 2.24) is 0 Å². The lowest BCUT2D eigenvalue weighted by molar-refractivity contribution is -0.384. The number of halogens is 1. The maximum absolute atomic E-state index is 10.7. The van der Waals surface area contributed by atoms with Crippen LogP contribution in [0, 0.1) is 10.1 Å². The van der Waals surface area contributed by atoms with Crippen LogP contribution in [0.2, 0.25) is 0 Å². The number of alkyl halides is 1. The third-order valence-corrected chi connectivity index (χ3v) is 3.96. The lowest BCUT2D eigenvalue weighted by Crippen LogP contribution is -2.11. The molecule has 108 valence electrons. The maximum atomic E-state index is 10.7. The molecule has 3 rings (SSSR count). The zero-order valence-electron chi connectivity index (χ0n) is 11.2. The van der Waals surface area contributed by atoms with Crippen molar-refractivity contribution in [3.8, 4) is 5.75 Å². The van der Waals surface area contributed by atoms with Gasteiger partial charge >= 0.3 is 0 Å². The van der Waals surface area contributed by atoms with Gasteiger partial charge in [-0.05, 0) is 35.7 Å². The molecule has 21 heavy (non-hydrogen) atoms. The van der Waals surface area contributed by atoms with Crippen LogP contribution in [-0.2, 0) is 6.42 Å². The smallest absolute Gasteiger partial charge is 0.269 e. The summed E-state index contributed by atoms with van der Waals surface area (Å²) in [6.45, 7) is 0. The Labute approximate surface area is 127 Å². The Hall–Kier alpha value is -2.07. The summed E-state index contributed by atoms with van der Waals surface area (Å²) in [7, 11) is 0. The molecule has 0 N–H and O–H groups in total. The number of benzene rings is 2. The fourth-order valence-corrected chi connectivity index (χ4v) is 2.89. The van der Waals surface area contributed by atoms with Crippen molar-refractivity contribution in [1.29, 1.82) is 0 Å². The van der Waals surface area contributed by atoms with Gasteiger partial charge in [0.05, 0.1) is 4.92 Å². The average molecular weight is 304 g/mol. The number of nitrogens with zero attached hydrogens (tertiary/aromatic N) is 1. The summed E-state index contributed by atoms with van der Waals surface area (Å²) in [5.41, 5.74) is 2.08. The number of fused-ring (bicyclic) bond motifs is 1. The van der Waals surface area contributed by atoms with Gasteiger partial charge in [0.1, 0.15) is 11.9 Å². The van der Waals surface area contributed by atoms with E-state index in [0.29, 0.717) is 6.42 Å². The number of nitro benzene ring substituents is 1. The molecule has 0 saturated heterocycles. The molecular weight excluding hydrogens is 290 g/mol. The molecule has 4 nitrogen and oxygen atoms in total. The zero-order chi connectivity index (χ0) is 14.8. The first-order valence-electron chi connectivity index (χ1n) is 6.76. The quantitative estimate of drug-likeness (QED) is 0.473. The Morgan fingerprint density at radius 1 is 1.14 bits per heavy atom. The minimum atomic E-state index is -0.405. The van der Waals surface area contributed by atoms with E-state index in [1.807, 2.05) is 24.3 Å². The van der Waals surface area contributed by atoms with E-state index in [-0.39, 0.29) is 17.2 Å². The monoisotopic (exact) mass is 303 g/mol. The molecule has 2 aromatic carbocycles. The number of non-ortho nitro benzene ring substituents is 1. The lowest BCUT2D eigenvalue weighted by atomic mass is 10.0. The predicted octanol–water partition coefficient (Wildman–Crippen LogP) is 4.27. The van der Waals surface area contributed by atoms with Crippen LogP contribution >= 0.6 is 11.6 Å². The van der Waals surface area contributed by atoms with Crippen LogP contribution in [0.15, 0.2) is 48.5 Å². The zero-order valence-corrected chi connectivity index (χ0v) is 12.0. The number of nitro groups is 1. The van der Waals surface area contributed by atoms with Crippen molar-refractivity contribution in [2.45, 2.75) is 24.3 Å². The highest BCUT2D eigenvalue weighted by atomic mass is 35.5. The summed E-state index contributed by atoms with van der Waals surface area (Å²) in [4.78, 5) is 10.3. The van der Waals surface area contributed by atoms with Crippen LogP contribution in [0.25, 0.3) is 0 Å². The van der Waals surface area contributed by atoms with Gasteiger partial charge in [-0.3, -0.25) is 10.1 Å². The Kier molecular flexibility index (Phi) is 3.80. The minimum absolute atomic E-state index is 0.0196. The van der Waals surface area contributed by atoms with E-state index in [0.717, 1.165) is 23.3 Å². The Bertz CT molecular complexity index is 657. The van der Waals surface area contributed by atoms with E-state index in [9.17, 15) is 10.1 Å². The summed E-state index contributed by atoms with van der Waals surface area (Å²) < 4.78 is 6.06. The first kappa shape index (κ1) is 13.9. The normalized spacial score (nSPS) is 21.0. The van der Waals surface area contributed by atoms with Crippen molar-refractivity contribution in [3.63, 3.8) is 0 Å². The molecule has 0 spiro atoms. The van der Waals surface area contributed by atoms with Gasteiger partial charge in [-0.1, -0.05) is 18.2 Å². The second-order valence-corrected chi connectivity index (χ2v) is 5.72. The Morgan fingerprint density at radius 2 is 1.86 bits per heavy atom. The van der Waals surface area contributed by atoms with Gasteiger partial charge in [-0.15, -0.1) is 11.6 Å². The third-order valence-electron chi connectivity index (χ3n) is 3.63. The van der Waals surface area contributed by atoms with Crippen LogP contribution in [-0.4, -0.2) is 10.3 Å². The SMILES string of the molecule is O=[N+]([O-])c1ccc([C@H]2C[C@@H](Cl)Cc3ccccc3O2)cc1. The van der Waals surface area contributed by atoms with Gasteiger partial charge in [-0.2, -0.15) is 0 Å². The molecule has 0 aromatic heterocycles. The molecule has 1 heterocycles. The fourth-order valence-electron chi connectivity index (χ4n) is 2.56. The van der Waals surface area contributed by atoms with Crippen LogP contribution in [0.3, 0.4) is 0 Å². The van der Waals surface area contributed by atoms with E-state index in [2.05, 4.69) is 0 Å². The van der Waals surface area contributed by atoms with Gasteiger partial charge in [0, 0.05) is 23.9 Å². The second-order valence-electron chi connectivity index (χ2n) is 5.10. The molecule has 2 atom stereocenters. The molecule has 0 saturated carbocycles. The lowest BCUT2D eigenvalue weighted by Gasteiger charge is -2.18. The molecular formula is C16H14ClNO3. The predicted molar refractivity (Wildman–Crippen MR) is 80.9 cm³/mol. The summed E-state index contributed by atoms with van der Waals surface area (Å²) in [6.07, 6.45) is 1.26. The molecule has 2 aromatic rings. The molecule has 0 unspecified atom stereocenters. The summed E-state index contributed by atoms with van der Waals surface area (Å²) in [5, 5.41) is 10.7. The van der Waals surface area contributed by atoms with Crippen molar-refractivity contribution in [3.05, 3.63) is 69.8 Å².